The molecular weight excluding hydrogens is 483 g/mol. The lowest BCUT2D eigenvalue weighted by atomic mass is 10.0. The van der Waals surface area contributed by atoms with Gasteiger partial charge in [0.15, 0.2) is 6.61 Å². The van der Waals surface area contributed by atoms with E-state index in [0.717, 1.165) is 22.3 Å². The van der Waals surface area contributed by atoms with E-state index in [4.69, 9.17) is 27.9 Å². The van der Waals surface area contributed by atoms with E-state index in [0.29, 0.717) is 27.8 Å². The molecule has 1 unspecified atom stereocenters. The van der Waals surface area contributed by atoms with Crippen LogP contribution in [0.15, 0.2) is 60.7 Å². The number of nitrogens with zero attached hydrogens (tertiary/aromatic N) is 1. The summed E-state index contributed by atoms with van der Waals surface area (Å²) in [5, 5.41) is 3.63. The first-order chi connectivity index (χ1) is 16.7. The van der Waals surface area contributed by atoms with Crippen LogP contribution < -0.4 is 10.1 Å². The molecule has 3 rings (SSSR count). The largest absolute Gasteiger partial charge is 0.483 e. The first-order valence-corrected chi connectivity index (χ1v) is 12.1. The third-order valence-electron chi connectivity index (χ3n) is 5.99. The highest BCUT2D eigenvalue weighted by Crippen LogP contribution is 2.26. The van der Waals surface area contributed by atoms with Crippen LogP contribution in [0.2, 0.25) is 10.0 Å². The number of ether oxygens (including phenoxy) is 1. The molecule has 0 saturated carbocycles. The minimum atomic E-state index is -0.759. The van der Waals surface area contributed by atoms with E-state index < -0.39 is 6.04 Å². The Labute approximate surface area is 217 Å². The van der Waals surface area contributed by atoms with E-state index in [2.05, 4.69) is 11.4 Å². The van der Waals surface area contributed by atoms with Gasteiger partial charge in [0, 0.05) is 30.1 Å². The summed E-state index contributed by atoms with van der Waals surface area (Å²) in [7, 11) is 1.56. The third kappa shape index (κ3) is 7.00. The van der Waals surface area contributed by atoms with Gasteiger partial charge >= 0.3 is 0 Å². The second kappa shape index (κ2) is 12.1. The van der Waals surface area contributed by atoms with Crippen molar-refractivity contribution in [3.8, 4) is 5.75 Å². The van der Waals surface area contributed by atoms with Gasteiger partial charge in [0.1, 0.15) is 11.8 Å². The van der Waals surface area contributed by atoms with Crippen LogP contribution in [0, 0.1) is 20.8 Å². The summed E-state index contributed by atoms with van der Waals surface area (Å²) in [5.41, 5.74) is 4.74. The number of halogens is 2. The zero-order chi connectivity index (χ0) is 25.5. The highest BCUT2D eigenvalue weighted by Gasteiger charge is 2.30. The lowest BCUT2D eigenvalue weighted by Gasteiger charge is -2.31. The van der Waals surface area contributed by atoms with Crippen molar-refractivity contribution in [3.05, 3.63) is 98.5 Å². The lowest BCUT2D eigenvalue weighted by Crippen LogP contribution is -2.51. The number of hydrogen-bond donors (Lipinski definition) is 1. The Balaban J connectivity index is 1.93. The van der Waals surface area contributed by atoms with Gasteiger partial charge in [-0.1, -0.05) is 65.7 Å². The van der Waals surface area contributed by atoms with E-state index in [1.54, 1.807) is 25.2 Å². The molecular formula is C28H30Cl2N2O3. The summed E-state index contributed by atoms with van der Waals surface area (Å²) in [4.78, 5) is 28.1. The van der Waals surface area contributed by atoms with E-state index in [1.165, 1.54) is 4.90 Å². The number of amides is 2. The molecule has 0 aliphatic heterocycles. The zero-order valence-corrected chi connectivity index (χ0v) is 21.9. The molecule has 0 heterocycles. The fourth-order valence-electron chi connectivity index (χ4n) is 3.93. The van der Waals surface area contributed by atoms with Crippen molar-refractivity contribution in [2.45, 2.75) is 39.8 Å². The Morgan fingerprint density at radius 3 is 2.37 bits per heavy atom. The quantitative estimate of drug-likeness (QED) is 0.400. The standard InChI is InChI=1S/C28H30Cl2N2O3/c1-18-12-19(2)20(3)26(13-18)35-17-27(33)32(16-22-10-11-23(29)15-24(22)30)25(28(34)31-4)14-21-8-6-5-7-9-21/h5-13,15,25H,14,16-17H2,1-4H3,(H,31,34). The molecule has 184 valence electrons. The van der Waals surface area contributed by atoms with Crippen LogP contribution in [0.5, 0.6) is 5.75 Å². The third-order valence-corrected chi connectivity index (χ3v) is 6.58. The van der Waals surface area contributed by atoms with Crippen LogP contribution in [0.3, 0.4) is 0 Å². The molecule has 0 fully saturated rings. The Morgan fingerprint density at radius 1 is 1.00 bits per heavy atom. The van der Waals surface area contributed by atoms with Gasteiger partial charge in [-0.25, -0.2) is 0 Å². The molecule has 0 radical (unpaired) electrons. The highest BCUT2D eigenvalue weighted by molar-refractivity contribution is 6.35. The van der Waals surface area contributed by atoms with Gasteiger partial charge < -0.3 is 15.0 Å². The SMILES string of the molecule is CNC(=O)C(Cc1ccccc1)N(Cc1ccc(Cl)cc1Cl)C(=O)COc1cc(C)cc(C)c1C. The normalized spacial score (nSPS) is 11.6. The average Bonchev–Trinajstić information content (AvgIpc) is 2.83. The topological polar surface area (TPSA) is 58.6 Å². The second-order valence-corrected chi connectivity index (χ2v) is 9.41. The Morgan fingerprint density at radius 2 is 1.71 bits per heavy atom. The number of nitrogens with one attached hydrogen (secondary N) is 1. The molecule has 1 atom stereocenters. The first kappa shape index (κ1) is 26.6. The van der Waals surface area contributed by atoms with Crippen molar-refractivity contribution in [3.63, 3.8) is 0 Å². The monoisotopic (exact) mass is 512 g/mol. The highest BCUT2D eigenvalue weighted by atomic mass is 35.5. The summed E-state index contributed by atoms with van der Waals surface area (Å²) in [6.07, 6.45) is 0.347. The van der Waals surface area contributed by atoms with Crippen LogP contribution in [0.25, 0.3) is 0 Å². The number of aryl methyl sites for hydroxylation is 2. The van der Waals surface area contributed by atoms with Crippen molar-refractivity contribution in [2.24, 2.45) is 0 Å². The minimum absolute atomic E-state index is 0.134. The molecule has 0 bridgehead atoms. The summed E-state index contributed by atoms with van der Waals surface area (Å²) in [6, 6.07) is 17.9. The van der Waals surface area contributed by atoms with E-state index >= 15 is 0 Å². The predicted molar refractivity (Wildman–Crippen MR) is 141 cm³/mol. The maximum Gasteiger partial charge on any atom is 0.261 e. The summed E-state index contributed by atoms with van der Waals surface area (Å²) in [5.74, 6) is 0.0638. The second-order valence-electron chi connectivity index (χ2n) is 8.57. The van der Waals surface area contributed by atoms with Gasteiger partial charge in [0.05, 0.1) is 0 Å². The van der Waals surface area contributed by atoms with Crippen LogP contribution in [0.4, 0.5) is 0 Å². The van der Waals surface area contributed by atoms with Gasteiger partial charge in [-0.05, 0) is 66.8 Å². The van der Waals surface area contributed by atoms with Crippen LogP contribution in [0.1, 0.15) is 27.8 Å². The molecule has 1 N–H and O–H groups in total. The minimum Gasteiger partial charge on any atom is -0.483 e. The molecule has 0 aromatic heterocycles. The molecule has 0 aliphatic carbocycles. The molecule has 7 heteroatoms. The molecule has 2 amide bonds. The van der Waals surface area contributed by atoms with Crippen molar-refractivity contribution >= 4 is 35.0 Å². The Kier molecular flexibility index (Phi) is 9.19. The van der Waals surface area contributed by atoms with Gasteiger partial charge in [0.25, 0.3) is 5.91 Å². The average molecular weight is 513 g/mol. The first-order valence-electron chi connectivity index (χ1n) is 11.4. The molecule has 0 spiro atoms. The van der Waals surface area contributed by atoms with Crippen LogP contribution in [-0.4, -0.2) is 36.4 Å². The zero-order valence-electron chi connectivity index (χ0n) is 20.4. The number of rotatable bonds is 9. The van der Waals surface area contributed by atoms with Crippen LogP contribution in [-0.2, 0) is 22.6 Å². The van der Waals surface area contributed by atoms with Gasteiger partial charge in [-0.15, -0.1) is 0 Å². The van der Waals surface area contributed by atoms with E-state index in [9.17, 15) is 9.59 Å². The molecule has 0 saturated heterocycles. The lowest BCUT2D eigenvalue weighted by molar-refractivity contribution is -0.142. The van der Waals surface area contributed by atoms with Crippen molar-refractivity contribution in [1.29, 1.82) is 0 Å². The number of likely N-dealkylation sites (N-methyl/N-ethyl adjacent to an activating group) is 1. The van der Waals surface area contributed by atoms with Crippen molar-refractivity contribution in [1.82, 2.24) is 10.2 Å². The molecule has 5 nitrogen and oxygen atoms in total. The number of hydrogen-bond acceptors (Lipinski definition) is 3. The maximum absolute atomic E-state index is 13.6. The number of carbonyl (C=O) groups excluding carboxylic acids is 2. The fourth-order valence-corrected chi connectivity index (χ4v) is 4.40. The summed E-state index contributed by atoms with van der Waals surface area (Å²) >= 11 is 12.5. The van der Waals surface area contributed by atoms with Crippen LogP contribution >= 0.6 is 23.2 Å². The predicted octanol–water partition coefficient (Wildman–Crippen LogP) is 5.68. The Hall–Kier alpha value is -3.02. The van der Waals surface area contributed by atoms with Gasteiger partial charge in [0.2, 0.25) is 5.91 Å². The maximum atomic E-state index is 13.6. The molecule has 0 aliphatic rings. The molecule has 3 aromatic rings. The number of benzene rings is 3. The van der Waals surface area contributed by atoms with Crippen molar-refractivity contribution in [2.75, 3.05) is 13.7 Å². The summed E-state index contributed by atoms with van der Waals surface area (Å²) in [6.45, 7) is 5.87. The fraction of sp³-hybridized carbons (Fsp3) is 0.286. The molecule has 35 heavy (non-hydrogen) atoms. The number of carbonyl (C=O) groups is 2. The van der Waals surface area contributed by atoms with Gasteiger partial charge in [-0.2, -0.15) is 0 Å². The molecule has 3 aromatic carbocycles. The Bertz CT molecular complexity index is 1200. The van der Waals surface area contributed by atoms with Crippen molar-refractivity contribution < 1.29 is 14.3 Å². The summed E-state index contributed by atoms with van der Waals surface area (Å²) < 4.78 is 5.97. The smallest absolute Gasteiger partial charge is 0.261 e. The van der Waals surface area contributed by atoms with Gasteiger partial charge in [-0.3, -0.25) is 9.59 Å². The van der Waals surface area contributed by atoms with E-state index in [-0.39, 0.29) is 25.0 Å². The van der Waals surface area contributed by atoms with E-state index in [1.807, 2.05) is 57.2 Å².